The zero-order valence-electron chi connectivity index (χ0n) is 29.0. The van der Waals surface area contributed by atoms with Gasteiger partial charge in [0, 0.05) is 46.3 Å². The van der Waals surface area contributed by atoms with Crippen LogP contribution in [0.4, 0.5) is 5.69 Å². The van der Waals surface area contributed by atoms with E-state index in [2.05, 4.69) is 104 Å². The van der Waals surface area contributed by atoms with Crippen molar-refractivity contribution >= 4 is 22.5 Å². The Bertz CT molecular complexity index is 2060. The molecule has 8 rings (SSSR count). The molecule has 0 aromatic heterocycles. The molecule has 2 aliphatic heterocycles. The third-order valence-electron chi connectivity index (χ3n) is 11.1. The van der Waals surface area contributed by atoms with Crippen molar-refractivity contribution in [2.24, 2.45) is 0 Å². The summed E-state index contributed by atoms with van der Waals surface area (Å²) in [7, 11) is 5.17. The van der Waals surface area contributed by atoms with E-state index in [0.29, 0.717) is 0 Å². The van der Waals surface area contributed by atoms with Gasteiger partial charge in [-0.1, -0.05) is 50.3 Å². The van der Waals surface area contributed by atoms with Crippen molar-refractivity contribution in [1.29, 1.82) is 0 Å². The SMILES string of the molecule is CCC1(CC)c2cc(OC)ccc2-c2c1c1c(c3cc(OC)ccc23)OC(c2ccc(OC)cc2)(c2ccc(N3CCOCC3)cc2)C=C1. The highest BCUT2D eigenvalue weighted by Crippen LogP contribution is 2.61. The topological polar surface area (TPSA) is 49.4 Å². The molecule has 6 heteroatoms. The van der Waals surface area contributed by atoms with Crippen molar-refractivity contribution in [1.82, 2.24) is 0 Å². The van der Waals surface area contributed by atoms with E-state index in [4.69, 9.17) is 23.7 Å². The van der Waals surface area contributed by atoms with Crippen LogP contribution in [0.1, 0.15) is 54.5 Å². The number of methoxy groups -OCH3 is 3. The summed E-state index contributed by atoms with van der Waals surface area (Å²) >= 11 is 0. The summed E-state index contributed by atoms with van der Waals surface area (Å²) in [6.07, 6.45) is 6.48. The monoisotopic (exact) mass is 653 g/mol. The minimum absolute atomic E-state index is 0.203. The van der Waals surface area contributed by atoms with Gasteiger partial charge >= 0.3 is 0 Å². The molecule has 1 aliphatic carbocycles. The summed E-state index contributed by atoms with van der Waals surface area (Å²) in [5.74, 6) is 3.35. The van der Waals surface area contributed by atoms with Crippen LogP contribution >= 0.6 is 0 Å². The first-order valence-corrected chi connectivity index (χ1v) is 17.3. The first kappa shape index (κ1) is 31.3. The molecule has 0 amide bonds. The Labute approximate surface area is 288 Å². The molecular formula is C43H43NO5. The molecule has 0 saturated carbocycles. The van der Waals surface area contributed by atoms with E-state index < -0.39 is 5.60 Å². The Morgan fingerprint density at radius 3 is 1.96 bits per heavy atom. The first-order chi connectivity index (χ1) is 24.0. The van der Waals surface area contributed by atoms with Crippen molar-refractivity contribution in [3.8, 4) is 34.1 Å². The molecule has 5 aromatic carbocycles. The van der Waals surface area contributed by atoms with E-state index in [1.54, 1.807) is 21.3 Å². The highest BCUT2D eigenvalue weighted by Gasteiger charge is 2.47. The number of nitrogens with zero attached hydrogens (tertiary/aromatic N) is 1. The number of fused-ring (bicyclic) bond motifs is 8. The van der Waals surface area contributed by atoms with Crippen LogP contribution in [0, 0.1) is 0 Å². The van der Waals surface area contributed by atoms with Gasteiger partial charge in [-0.15, -0.1) is 0 Å². The summed E-state index contributed by atoms with van der Waals surface area (Å²) < 4.78 is 30.3. The second-order valence-corrected chi connectivity index (χ2v) is 13.2. The van der Waals surface area contributed by atoms with Gasteiger partial charge in [0.1, 0.15) is 23.0 Å². The fourth-order valence-electron chi connectivity index (χ4n) is 8.47. The molecule has 0 radical (unpaired) electrons. The molecule has 49 heavy (non-hydrogen) atoms. The van der Waals surface area contributed by atoms with Gasteiger partial charge < -0.3 is 28.6 Å². The molecule has 6 nitrogen and oxygen atoms in total. The number of morpholine rings is 1. The van der Waals surface area contributed by atoms with Gasteiger partial charge in [0.2, 0.25) is 0 Å². The van der Waals surface area contributed by atoms with E-state index in [1.165, 1.54) is 27.9 Å². The van der Waals surface area contributed by atoms with Crippen LogP contribution < -0.4 is 23.8 Å². The van der Waals surface area contributed by atoms with Crippen molar-refractivity contribution in [2.45, 2.75) is 37.7 Å². The summed E-state index contributed by atoms with van der Waals surface area (Å²) in [5.41, 5.74) is 8.49. The third-order valence-corrected chi connectivity index (χ3v) is 11.1. The minimum Gasteiger partial charge on any atom is -0.497 e. The second kappa shape index (κ2) is 12.2. The van der Waals surface area contributed by atoms with Gasteiger partial charge in [-0.2, -0.15) is 0 Å². The molecule has 3 aliphatic rings. The normalized spacial score (nSPS) is 18.8. The average Bonchev–Trinajstić information content (AvgIpc) is 3.48. The predicted octanol–water partition coefficient (Wildman–Crippen LogP) is 9.14. The van der Waals surface area contributed by atoms with Crippen LogP contribution in [0.2, 0.25) is 0 Å². The maximum Gasteiger partial charge on any atom is 0.178 e. The summed E-state index contributed by atoms with van der Waals surface area (Å²) in [6.45, 7) is 7.87. The number of hydrogen-bond acceptors (Lipinski definition) is 6. The van der Waals surface area contributed by atoms with Gasteiger partial charge in [-0.05, 0) is 101 Å². The van der Waals surface area contributed by atoms with Crippen LogP contribution in [0.5, 0.6) is 23.0 Å². The molecule has 2 heterocycles. The Morgan fingerprint density at radius 1 is 0.694 bits per heavy atom. The maximum absolute atomic E-state index is 7.57. The van der Waals surface area contributed by atoms with Crippen molar-refractivity contribution in [2.75, 3.05) is 52.5 Å². The van der Waals surface area contributed by atoms with E-state index in [0.717, 1.165) is 89.6 Å². The van der Waals surface area contributed by atoms with Crippen molar-refractivity contribution < 1.29 is 23.7 Å². The van der Waals surface area contributed by atoms with Crippen LogP contribution in [0.3, 0.4) is 0 Å². The Balaban J connectivity index is 1.39. The molecule has 1 fully saturated rings. The lowest BCUT2D eigenvalue weighted by Gasteiger charge is -2.39. The smallest absolute Gasteiger partial charge is 0.178 e. The minimum atomic E-state index is -0.886. The molecule has 0 bridgehead atoms. The first-order valence-electron chi connectivity index (χ1n) is 17.3. The maximum atomic E-state index is 7.57. The Kier molecular flexibility index (Phi) is 7.79. The Morgan fingerprint density at radius 2 is 1.31 bits per heavy atom. The standard InChI is InChI=1S/C43H43NO5/c1-6-42(7-2)38-27-33(47-5)17-19-35(38)39-34-18-16-32(46-4)26-37(34)41-36(40(39)42)20-21-43(49-41,29-10-14-31(45-3)15-11-29)28-8-12-30(13-9-28)44-22-24-48-25-23-44/h8-21,26-27H,6-7,22-25H2,1-5H3. The van der Waals surface area contributed by atoms with Crippen LogP contribution in [0.25, 0.3) is 28.0 Å². The van der Waals surface area contributed by atoms with E-state index in [1.807, 2.05) is 12.1 Å². The molecule has 1 unspecified atom stereocenters. The molecule has 1 atom stereocenters. The average molecular weight is 654 g/mol. The zero-order valence-corrected chi connectivity index (χ0v) is 29.0. The lowest BCUT2D eigenvalue weighted by Crippen LogP contribution is -2.37. The summed E-state index contributed by atoms with van der Waals surface area (Å²) in [6, 6.07) is 30.1. The van der Waals surface area contributed by atoms with Crippen LogP contribution in [-0.4, -0.2) is 47.6 Å². The van der Waals surface area contributed by atoms with Gasteiger partial charge in [0.05, 0.1) is 34.5 Å². The number of rotatable bonds is 8. The highest BCUT2D eigenvalue weighted by atomic mass is 16.5. The van der Waals surface area contributed by atoms with Gasteiger partial charge in [0.25, 0.3) is 0 Å². The van der Waals surface area contributed by atoms with Gasteiger partial charge in [0.15, 0.2) is 5.60 Å². The summed E-state index contributed by atoms with van der Waals surface area (Å²) in [5, 5.41) is 2.19. The lowest BCUT2D eigenvalue weighted by atomic mass is 9.71. The lowest BCUT2D eigenvalue weighted by molar-refractivity contribution is 0.122. The number of hydrogen-bond donors (Lipinski definition) is 0. The second-order valence-electron chi connectivity index (χ2n) is 13.2. The van der Waals surface area contributed by atoms with Gasteiger partial charge in [-0.25, -0.2) is 0 Å². The van der Waals surface area contributed by atoms with E-state index >= 15 is 0 Å². The molecule has 250 valence electrons. The Hall–Kier alpha value is -4.94. The van der Waals surface area contributed by atoms with E-state index in [9.17, 15) is 0 Å². The number of benzene rings is 5. The molecule has 0 N–H and O–H groups in total. The fraction of sp³-hybridized carbons (Fsp3) is 0.302. The van der Waals surface area contributed by atoms with Crippen molar-refractivity contribution in [3.05, 3.63) is 119 Å². The molecule has 1 saturated heterocycles. The largest absolute Gasteiger partial charge is 0.497 e. The van der Waals surface area contributed by atoms with Gasteiger partial charge in [-0.3, -0.25) is 0 Å². The number of anilines is 1. The summed E-state index contributed by atoms with van der Waals surface area (Å²) in [4.78, 5) is 2.38. The van der Waals surface area contributed by atoms with Crippen molar-refractivity contribution in [3.63, 3.8) is 0 Å². The fourth-order valence-corrected chi connectivity index (χ4v) is 8.47. The molecule has 5 aromatic rings. The predicted molar refractivity (Wildman–Crippen MR) is 197 cm³/mol. The van der Waals surface area contributed by atoms with E-state index in [-0.39, 0.29) is 5.41 Å². The van der Waals surface area contributed by atoms with Crippen LogP contribution in [0.15, 0.2) is 91.0 Å². The van der Waals surface area contributed by atoms with Crippen LogP contribution in [-0.2, 0) is 15.8 Å². The third kappa shape index (κ3) is 4.72. The highest BCUT2D eigenvalue weighted by molar-refractivity contribution is 6.09. The quantitative estimate of drug-likeness (QED) is 0.167. The molecule has 0 spiro atoms. The molecular weight excluding hydrogens is 610 g/mol. The zero-order chi connectivity index (χ0) is 33.8. The number of ether oxygens (including phenoxy) is 5.